The maximum Gasteiger partial charge on any atom is 0.289 e. The molecular formula is C27H34N8O3. The number of hydrogen-bond donors (Lipinski definition) is 1. The van der Waals surface area contributed by atoms with Gasteiger partial charge in [-0.1, -0.05) is 12.1 Å². The van der Waals surface area contributed by atoms with E-state index in [4.69, 9.17) is 24.7 Å². The molecule has 4 aromatic rings. The van der Waals surface area contributed by atoms with Crippen molar-refractivity contribution in [2.75, 3.05) is 44.3 Å². The van der Waals surface area contributed by atoms with Gasteiger partial charge in [0.05, 0.1) is 29.8 Å². The summed E-state index contributed by atoms with van der Waals surface area (Å²) < 4.78 is 9.32. The number of amides is 1. The average Bonchev–Trinajstić information content (AvgIpc) is 3.43. The lowest BCUT2D eigenvalue weighted by molar-refractivity contribution is -0.0110. The molecule has 11 nitrogen and oxygen atoms in total. The van der Waals surface area contributed by atoms with Crippen LogP contribution in [0.4, 0.5) is 5.82 Å². The molecule has 3 aromatic heterocycles. The van der Waals surface area contributed by atoms with Crippen molar-refractivity contribution in [3.8, 4) is 5.95 Å². The number of carbonyl (C=O) groups excluding carboxylic acids is 1. The minimum Gasteiger partial charge on any atom is -0.390 e. The van der Waals surface area contributed by atoms with Crippen molar-refractivity contribution < 1.29 is 14.6 Å². The molecule has 0 bridgehead atoms. The number of likely N-dealkylation sites (tertiary alicyclic amines) is 1. The number of fused-ring (bicyclic) bond motifs is 2. The third-order valence-corrected chi connectivity index (χ3v) is 7.90. The molecule has 2 aliphatic heterocycles. The van der Waals surface area contributed by atoms with Gasteiger partial charge in [-0.3, -0.25) is 9.36 Å². The fourth-order valence-corrected chi connectivity index (χ4v) is 5.65. The number of aromatic nitrogens is 6. The Balaban J connectivity index is 1.44. The molecule has 0 radical (unpaired) electrons. The zero-order chi connectivity index (χ0) is 26.6. The molecule has 0 spiro atoms. The number of imidazole rings is 2. The molecule has 1 N–H and O–H groups in total. The van der Waals surface area contributed by atoms with E-state index in [0.29, 0.717) is 68.1 Å². The highest BCUT2D eigenvalue weighted by atomic mass is 16.5. The second-order valence-corrected chi connectivity index (χ2v) is 10.8. The number of para-hydroxylation sites is 2. The highest BCUT2D eigenvalue weighted by Gasteiger charge is 2.34. The van der Waals surface area contributed by atoms with Gasteiger partial charge in [0.1, 0.15) is 5.82 Å². The molecule has 5 heterocycles. The lowest BCUT2D eigenvalue weighted by atomic mass is 9.83. The number of ether oxygens (including phenoxy) is 1. The SMILES string of the molecule is Cc1nc2ccccc2n1-c1nc(N2CCOCC2)c2nc(C(=O)N3CCC(C(C)(C)O)CC3)n(C)c2n1. The number of aryl methyl sites for hydroxylation is 2. The number of piperidine rings is 1. The molecule has 38 heavy (non-hydrogen) atoms. The summed E-state index contributed by atoms with van der Waals surface area (Å²) in [6.07, 6.45) is 1.52. The van der Waals surface area contributed by atoms with Crippen LogP contribution < -0.4 is 4.90 Å². The zero-order valence-corrected chi connectivity index (χ0v) is 22.4. The van der Waals surface area contributed by atoms with Gasteiger partial charge in [-0.2, -0.15) is 9.97 Å². The van der Waals surface area contributed by atoms with E-state index in [2.05, 4.69) is 4.90 Å². The standard InChI is InChI=1S/C27H34N8O3/c1-17-28-19-7-5-6-8-20(19)35(17)26-30-22-21(23(31-26)33-13-15-38-16-14-33)29-24(32(22)4)25(36)34-11-9-18(10-12-34)27(2,3)37/h5-8,18,37H,9-16H2,1-4H3. The molecule has 0 atom stereocenters. The number of benzene rings is 1. The van der Waals surface area contributed by atoms with Crippen LogP contribution in [0.3, 0.4) is 0 Å². The van der Waals surface area contributed by atoms with E-state index in [9.17, 15) is 9.90 Å². The van der Waals surface area contributed by atoms with Crippen molar-refractivity contribution in [3.05, 3.63) is 35.9 Å². The van der Waals surface area contributed by atoms with Gasteiger partial charge in [-0.15, -0.1) is 0 Å². The summed E-state index contributed by atoms with van der Waals surface area (Å²) in [6.45, 7) is 9.36. The fourth-order valence-electron chi connectivity index (χ4n) is 5.65. The summed E-state index contributed by atoms with van der Waals surface area (Å²) in [7, 11) is 1.84. The maximum absolute atomic E-state index is 13.7. The Morgan fingerprint density at radius 2 is 1.74 bits per heavy atom. The Labute approximate surface area is 221 Å². The molecule has 2 saturated heterocycles. The number of rotatable bonds is 4. The predicted molar refractivity (Wildman–Crippen MR) is 144 cm³/mol. The minimum atomic E-state index is -0.748. The minimum absolute atomic E-state index is 0.126. The Morgan fingerprint density at radius 1 is 1.03 bits per heavy atom. The van der Waals surface area contributed by atoms with E-state index in [1.807, 2.05) is 61.6 Å². The van der Waals surface area contributed by atoms with Crippen molar-refractivity contribution in [2.45, 2.75) is 39.2 Å². The Morgan fingerprint density at radius 3 is 2.45 bits per heavy atom. The van der Waals surface area contributed by atoms with Crippen LogP contribution in [-0.2, 0) is 11.8 Å². The summed E-state index contributed by atoms with van der Waals surface area (Å²) in [5, 5.41) is 10.4. The van der Waals surface area contributed by atoms with E-state index in [-0.39, 0.29) is 11.8 Å². The fraction of sp³-hybridized carbons (Fsp3) is 0.519. The monoisotopic (exact) mass is 518 g/mol. The van der Waals surface area contributed by atoms with Crippen LogP contribution in [0.15, 0.2) is 24.3 Å². The van der Waals surface area contributed by atoms with Crippen LogP contribution in [-0.4, -0.2) is 90.0 Å². The molecule has 2 fully saturated rings. The topological polar surface area (TPSA) is 114 Å². The number of anilines is 1. The van der Waals surface area contributed by atoms with Crippen molar-refractivity contribution >= 4 is 33.9 Å². The summed E-state index contributed by atoms with van der Waals surface area (Å²) in [5.74, 6) is 2.36. The first-order valence-electron chi connectivity index (χ1n) is 13.3. The third-order valence-electron chi connectivity index (χ3n) is 7.90. The largest absolute Gasteiger partial charge is 0.390 e. The van der Waals surface area contributed by atoms with Crippen LogP contribution in [0.5, 0.6) is 0 Å². The second kappa shape index (κ2) is 9.32. The molecule has 2 aliphatic rings. The second-order valence-electron chi connectivity index (χ2n) is 10.8. The summed E-state index contributed by atoms with van der Waals surface area (Å²) in [6, 6.07) is 7.92. The summed E-state index contributed by atoms with van der Waals surface area (Å²) >= 11 is 0. The Kier molecular flexibility index (Phi) is 6.07. The molecule has 1 amide bonds. The van der Waals surface area contributed by atoms with Gasteiger partial charge in [0.2, 0.25) is 11.8 Å². The normalized spacial score (nSPS) is 17.6. The molecule has 0 unspecified atom stereocenters. The highest BCUT2D eigenvalue weighted by Crippen LogP contribution is 2.31. The van der Waals surface area contributed by atoms with Crippen LogP contribution in [0, 0.1) is 12.8 Å². The summed E-state index contributed by atoms with van der Waals surface area (Å²) in [5.41, 5.74) is 2.25. The Bertz CT molecular complexity index is 1500. The highest BCUT2D eigenvalue weighted by molar-refractivity contribution is 5.96. The number of carbonyl (C=O) groups is 1. The predicted octanol–water partition coefficient (Wildman–Crippen LogP) is 2.47. The molecular weight excluding hydrogens is 484 g/mol. The van der Waals surface area contributed by atoms with E-state index >= 15 is 0 Å². The lowest BCUT2D eigenvalue weighted by Gasteiger charge is -2.37. The number of morpholine rings is 1. The van der Waals surface area contributed by atoms with Gasteiger partial charge >= 0.3 is 0 Å². The van der Waals surface area contributed by atoms with Crippen molar-refractivity contribution in [1.29, 1.82) is 0 Å². The third kappa shape index (κ3) is 4.19. The molecule has 6 rings (SSSR count). The van der Waals surface area contributed by atoms with Gasteiger partial charge in [-0.05, 0) is 51.7 Å². The van der Waals surface area contributed by atoms with Gasteiger partial charge in [0.25, 0.3) is 5.91 Å². The van der Waals surface area contributed by atoms with Gasteiger partial charge < -0.3 is 24.2 Å². The van der Waals surface area contributed by atoms with Gasteiger partial charge in [-0.25, -0.2) is 9.97 Å². The quantitative estimate of drug-likeness (QED) is 0.438. The first kappa shape index (κ1) is 24.7. The zero-order valence-electron chi connectivity index (χ0n) is 22.4. The van der Waals surface area contributed by atoms with Crippen molar-refractivity contribution in [1.82, 2.24) is 34.0 Å². The number of nitrogens with zero attached hydrogens (tertiary/aromatic N) is 8. The maximum atomic E-state index is 13.7. The smallest absolute Gasteiger partial charge is 0.289 e. The Hall–Kier alpha value is -3.57. The van der Waals surface area contributed by atoms with Crippen LogP contribution in [0.1, 0.15) is 43.1 Å². The van der Waals surface area contributed by atoms with Crippen molar-refractivity contribution in [2.24, 2.45) is 13.0 Å². The molecule has 1 aromatic carbocycles. The number of aliphatic hydroxyl groups is 1. The van der Waals surface area contributed by atoms with E-state index < -0.39 is 5.60 Å². The first-order chi connectivity index (χ1) is 18.2. The lowest BCUT2D eigenvalue weighted by Crippen LogP contribution is -2.44. The van der Waals surface area contributed by atoms with E-state index in [1.165, 1.54) is 0 Å². The molecule has 0 saturated carbocycles. The van der Waals surface area contributed by atoms with Crippen LogP contribution in [0.2, 0.25) is 0 Å². The first-order valence-corrected chi connectivity index (χ1v) is 13.3. The van der Waals surface area contributed by atoms with Crippen molar-refractivity contribution in [3.63, 3.8) is 0 Å². The summed E-state index contributed by atoms with van der Waals surface area (Å²) in [4.78, 5) is 37.1. The van der Waals surface area contributed by atoms with Crippen LogP contribution >= 0.6 is 0 Å². The molecule has 0 aliphatic carbocycles. The van der Waals surface area contributed by atoms with Gasteiger partial charge in [0, 0.05) is 33.2 Å². The average molecular weight is 519 g/mol. The van der Waals surface area contributed by atoms with Crippen LogP contribution in [0.25, 0.3) is 28.1 Å². The number of hydrogen-bond acceptors (Lipinski definition) is 8. The van der Waals surface area contributed by atoms with E-state index in [0.717, 1.165) is 29.7 Å². The molecule has 11 heteroatoms. The molecule has 200 valence electrons. The van der Waals surface area contributed by atoms with E-state index in [1.54, 1.807) is 4.57 Å². The van der Waals surface area contributed by atoms with Gasteiger partial charge in [0.15, 0.2) is 17.0 Å².